The van der Waals surface area contributed by atoms with Crippen molar-refractivity contribution >= 4 is 28.3 Å². The highest BCUT2D eigenvalue weighted by molar-refractivity contribution is 6.34. The maximum absolute atomic E-state index is 12.5. The lowest BCUT2D eigenvalue weighted by atomic mass is 10.1. The molecule has 0 radical (unpaired) electrons. The van der Waals surface area contributed by atoms with Crippen LogP contribution >= 0.6 is 11.6 Å². The molecule has 1 aliphatic rings. The van der Waals surface area contributed by atoms with Crippen LogP contribution in [0.25, 0.3) is 10.8 Å². The molecule has 1 saturated carbocycles. The number of rotatable bonds is 3. The largest absolute Gasteiger partial charge is 0.341 e. The average Bonchev–Trinajstić information content (AvgIpc) is 3.23. The van der Waals surface area contributed by atoms with Crippen molar-refractivity contribution in [1.29, 1.82) is 0 Å². The number of benzene rings is 1. The van der Waals surface area contributed by atoms with Crippen molar-refractivity contribution in [3.63, 3.8) is 0 Å². The number of amides is 1. The van der Waals surface area contributed by atoms with Gasteiger partial charge in [0.1, 0.15) is 5.15 Å². The Hall–Kier alpha value is -1.61. The van der Waals surface area contributed by atoms with Gasteiger partial charge in [-0.05, 0) is 24.1 Å². The summed E-state index contributed by atoms with van der Waals surface area (Å²) in [4.78, 5) is 18.4. The fourth-order valence-electron chi connectivity index (χ4n) is 2.30. The molecule has 0 bridgehead atoms. The van der Waals surface area contributed by atoms with Gasteiger partial charge in [-0.15, -0.1) is 0 Å². The Morgan fingerprint density at radius 2 is 2.05 bits per heavy atom. The summed E-state index contributed by atoms with van der Waals surface area (Å²) in [6.07, 6.45) is 4.05. The number of carbonyl (C=O) groups excluding carboxylic acids is 1. The van der Waals surface area contributed by atoms with Crippen LogP contribution < -0.4 is 0 Å². The van der Waals surface area contributed by atoms with E-state index in [9.17, 15) is 4.79 Å². The van der Waals surface area contributed by atoms with Crippen LogP contribution in [0, 0.1) is 5.92 Å². The number of halogens is 1. The molecule has 19 heavy (non-hydrogen) atoms. The minimum atomic E-state index is 0.0206. The molecule has 1 aromatic carbocycles. The summed E-state index contributed by atoms with van der Waals surface area (Å²) < 4.78 is 0. The van der Waals surface area contributed by atoms with Crippen LogP contribution in [0.3, 0.4) is 0 Å². The highest BCUT2D eigenvalue weighted by Gasteiger charge is 2.26. The summed E-state index contributed by atoms with van der Waals surface area (Å²) in [5, 5.41) is 2.14. The lowest BCUT2D eigenvalue weighted by Gasteiger charge is -2.17. The first-order valence-corrected chi connectivity index (χ1v) is 6.83. The lowest BCUT2D eigenvalue weighted by molar-refractivity contribution is 0.0790. The zero-order valence-corrected chi connectivity index (χ0v) is 11.5. The van der Waals surface area contributed by atoms with Gasteiger partial charge in [0.25, 0.3) is 5.91 Å². The van der Waals surface area contributed by atoms with Gasteiger partial charge in [-0.1, -0.05) is 35.9 Å². The number of nitrogens with zero attached hydrogens (tertiary/aromatic N) is 2. The SMILES string of the molecule is CN(CC1CC1)C(=O)c1cnc(Cl)c2ccccc12. The van der Waals surface area contributed by atoms with E-state index in [1.807, 2.05) is 31.3 Å². The first-order chi connectivity index (χ1) is 9.16. The monoisotopic (exact) mass is 274 g/mol. The van der Waals surface area contributed by atoms with Gasteiger partial charge >= 0.3 is 0 Å². The predicted molar refractivity (Wildman–Crippen MR) is 76.4 cm³/mol. The molecular weight excluding hydrogens is 260 g/mol. The molecule has 1 aliphatic carbocycles. The van der Waals surface area contributed by atoms with E-state index in [-0.39, 0.29) is 5.91 Å². The summed E-state index contributed by atoms with van der Waals surface area (Å²) in [5.41, 5.74) is 0.628. The summed E-state index contributed by atoms with van der Waals surface area (Å²) in [7, 11) is 1.85. The van der Waals surface area contributed by atoms with Crippen molar-refractivity contribution in [3.8, 4) is 0 Å². The smallest absolute Gasteiger partial charge is 0.255 e. The fraction of sp³-hybridized carbons (Fsp3) is 0.333. The molecule has 98 valence electrons. The number of pyridine rings is 1. The standard InChI is InChI=1S/C15H15ClN2O/c1-18(9-10-6-7-10)15(19)13-8-17-14(16)12-5-3-2-4-11(12)13/h2-5,8,10H,6-7,9H2,1H3. The van der Waals surface area contributed by atoms with Crippen LogP contribution in [0.4, 0.5) is 0 Å². The number of fused-ring (bicyclic) bond motifs is 1. The lowest BCUT2D eigenvalue weighted by Crippen LogP contribution is -2.29. The first kappa shape index (κ1) is 12.4. The first-order valence-electron chi connectivity index (χ1n) is 6.45. The van der Waals surface area contributed by atoms with E-state index in [4.69, 9.17) is 11.6 Å². The van der Waals surface area contributed by atoms with Crippen molar-refractivity contribution in [1.82, 2.24) is 9.88 Å². The summed E-state index contributed by atoms with van der Waals surface area (Å²) in [6.45, 7) is 0.829. The van der Waals surface area contributed by atoms with Crippen molar-refractivity contribution in [2.75, 3.05) is 13.6 Å². The molecule has 0 spiro atoms. The van der Waals surface area contributed by atoms with E-state index < -0.39 is 0 Å². The highest BCUT2D eigenvalue weighted by Crippen LogP contribution is 2.30. The van der Waals surface area contributed by atoms with Gasteiger partial charge in [0, 0.05) is 25.2 Å². The highest BCUT2D eigenvalue weighted by atomic mass is 35.5. The molecule has 1 amide bonds. The van der Waals surface area contributed by atoms with Gasteiger partial charge in [-0.3, -0.25) is 4.79 Å². The third-order valence-corrected chi connectivity index (χ3v) is 3.85. The summed E-state index contributed by atoms with van der Waals surface area (Å²) in [5.74, 6) is 0.702. The molecule has 2 aromatic rings. The molecule has 0 unspecified atom stereocenters. The molecule has 1 heterocycles. The number of hydrogen-bond acceptors (Lipinski definition) is 2. The topological polar surface area (TPSA) is 33.2 Å². The van der Waals surface area contributed by atoms with Crippen molar-refractivity contribution in [2.24, 2.45) is 5.92 Å². The molecule has 0 saturated heterocycles. The Kier molecular flexibility index (Phi) is 3.15. The van der Waals surface area contributed by atoms with E-state index in [1.165, 1.54) is 12.8 Å². The quantitative estimate of drug-likeness (QED) is 0.804. The van der Waals surface area contributed by atoms with Gasteiger partial charge in [0.15, 0.2) is 0 Å². The van der Waals surface area contributed by atoms with Gasteiger partial charge in [-0.2, -0.15) is 0 Å². The Balaban J connectivity index is 1.99. The minimum Gasteiger partial charge on any atom is -0.341 e. The van der Waals surface area contributed by atoms with Crippen LogP contribution in [-0.4, -0.2) is 29.4 Å². The molecule has 3 rings (SSSR count). The number of carbonyl (C=O) groups is 1. The molecule has 1 fully saturated rings. The second-order valence-corrected chi connectivity index (χ2v) is 5.50. The van der Waals surface area contributed by atoms with E-state index >= 15 is 0 Å². The third-order valence-electron chi connectivity index (χ3n) is 3.55. The average molecular weight is 275 g/mol. The van der Waals surface area contributed by atoms with E-state index in [2.05, 4.69) is 4.98 Å². The van der Waals surface area contributed by atoms with Crippen LogP contribution in [0.5, 0.6) is 0 Å². The molecule has 4 heteroatoms. The van der Waals surface area contributed by atoms with Gasteiger partial charge in [-0.25, -0.2) is 4.98 Å². The maximum atomic E-state index is 12.5. The van der Waals surface area contributed by atoms with E-state index in [1.54, 1.807) is 11.1 Å². The number of aromatic nitrogens is 1. The normalized spacial score (nSPS) is 14.6. The Morgan fingerprint density at radius 1 is 1.37 bits per heavy atom. The summed E-state index contributed by atoms with van der Waals surface area (Å²) >= 11 is 6.07. The summed E-state index contributed by atoms with van der Waals surface area (Å²) in [6, 6.07) is 7.62. The van der Waals surface area contributed by atoms with Gasteiger partial charge in [0.2, 0.25) is 0 Å². The number of hydrogen-bond donors (Lipinski definition) is 0. The van der Waals surface area contributed by atoms with E-state index in [0.29, 0.717) is 16.6 Å². The van der Waals surface area contributed by atoms with Crippen molar-refractivity contribution in [2.45, 2.75) is 12.8 Å². The second kappa shape index (κ2) is 4.82. The second-order valence-electron chi connectivity index (χ2n) is 5.14. The molecule has 0 aliphatic heterocycles. The Morgan fingerprint density at radius 3 is 2.74 bits per heavy atom. The van der Waals surface area contributed by atoms with Crippen LogP contribution in [-0.2, 0) is 0 Å². The zero-order chi connectivity index (χ0) is 13.4. The predicted octanol–water partition coefficient (Wildman–Crippen LogP) is 3.37. The zero-order valence-electron chi connectivity index (χ0n) is 10.8. The fourth-order valence-corrected chi connectivity index (χ4v) is 2.52. The molecular formula is C15H15ClN2O. The van der Waals surface area contributed by atoms with Gasteiger partial charge in [0.05, 0.1) is 5.56 Å². The molecule has 1 aromatic heterocycles. The molecule has 3 nitrogen and oxygen atoms in total. The maximum Gasteiger partial charge on any atom is 0.255 e. The molecule has 0 N–H and O–H groups in total. The minimum absolute atomic E-state index is 0.0206. The van der Waals surface area contributed by atoms with Gasteiger partial charge < -0.3 is 4.90 Å². The van der Waals surface area contributed by atoms with Crippen molar-refractivity contribution < 1.29 is 4.79 Å². The van der Waals surface area contributed by atoms with Crippen LogP contribution in [0.1, 0.15) is 23.2 Å². The molecule has 0 atom stereocenters. The van der Waals surface area contributed by atoms with Crippen LogP contribution in [0.2, 0.25) is 5.15 Å². The van der Waals surface area contributed by atoms with Crippen LogP contribution in [0.15, 0.2) is 30.5 Å². The Bertz CT molecular complexity index is 637. The van der Waals surface area contributed by atoms with E-state index in [0.717, 1.165) is 17.3 Å². The van der Waals surface area contributed by atoms with Crippen molar-refractivity contribution in [3.05, 3.63) is 41.2 Å². The Labute approximate surface area is 117 Å². The third kappa shape index (κ3) is 2.43.